The summed E-state index contributed by atoms with van der Waals surface area (Å²) in [6.45, 7) is 1.83. The maximum atomic E-state index is 12.6. The Bertz CT molecular complexity index is 835. The van der Waals surface area contributed by atoms with Crippen molar-refractivity contribution in [2.24, 2.45) is 0 Å². The fourth-order valence-corrected chi connectivity index (χ4v) is 2.13. The van der Waals surface area contributed by atoms with Crippen LogP contribution in [-0.4, -0.2) is 22.9 Å². The van der Waals surface area contributed by atoms with Crippen LogP contribution in [0.5, 0.6) is 11.5 Å². The van der Waals surface area contributed by atoms with Gasteiger partial charge in [-0.3, -0.25) is 14.9 Å². The van der Waals surface area contributed by atoms with Crippen molar-refractivity contribution < 1.29 is 19.6 Å². The third kappa shape index (κ3) is 2.82. The number of aromatic hydroxyl groups is 1. The van der Waals surface area contributed by atoms with E-state index in [4.69, 9.17) is 4.74 Å². The quantitative estimate of drug-likeness (QED) is 0.527. The van der Waals surface area contributed by atoms with Crippen molar-refractivity contribution >= 4 is 11.5 Å². The smallest absolute Gasteiger partial charge is 0.327 e. The lowest BCUT2D eigenvalue weighted by atomic mass is 9.95. The second kappa shape index (κ2) is 6.15. The van der Waals surface area contributed by atoms with Crippen LogP contribution >= 0.6 is 0 Å². The summed E-state index contributed by atoms with van der Waals surface area (Å²) in [5.74, 6) is -1.74. The number of carbonyl (C=O) groups excluding carboxylic acids is 1. The van der Waals surface area contributed by atoms with Gasteiger partial charge in [0.1, 0.15) is 11.6 Å². The summed E-state index contributed by atoms with van der Waals surface area (Å²) in [7, 11) is 1.20. The Morgan fingerprint density at radius 1 is 1.35 bits per heavy atom. The number of rotatable bonds is 4. The first-order chi connectivity index (χ1) is 10.9. The van der Waals surface area contributed by atoms with E-state index in [9.17, 15) is 25.3 Å². The van der Waals surface area contributed by atoms with Crippen molar-refractivity contribution in [2.75, 3.05) is 7.11 Å². The van der Waals surface area contributed by atoms with Crippen LogP contribution < -0.4 is 4.74 Å². The van der Waals surface area contributed by atoms with Crippen LogP contribution in [0, 0.1) is 28.4 Å². The molecule has 0 fully saturated rings. The minimum Gasteiger partial charge on any atom is -0.499 e. The second-order valence-corrected chi connectivity index (χ2v) is 4.76. The number of nitrogens with zero attached hydrogens (tertiary/aromatic N) is 2. The number of phenols is 1. The molecular formula is C16H12N2O5. The number of nitro benzene ring substituents is 1. The molecule has 0 bridgehead atoms. The normalized spacial score (nSPS) is 9.96. The molecule has 0 aliphatic rings. The highest BCUT2D eigenvalue weighted by molar-refractivity contribution is 6.13. The van der Waals surface area contributed by atoms with E-state index in [1.165, 1.54) is 19.2 Å². The molecule has 0 heterocycles. The number of benzene rings is 2. The molecule has 0 unspecified atom stereocenters. The Hall–Kier alpha value is -3.40. The van der Waals surface area contributed by atoms with Gasteiger partial charge in [-0.1, -0.05) is 29.8 Å². The summed E-state index contributed by atoms with van der Waals surface area (Å²) in [5.41, 5.74) is -0.447. The van der Waals surface area contributed by atoms with E-state index < -0.39 is 27.7 Å². The molecule has 23 heavy (non-hydrogen) atoms. The third-order valence-corrected chi connectivity index (χ3v) is 3.30. The zero-order valence-electron chi connectivity index (χ0n) is 12.4. The number of ketones is 1. The summed E-state index contributed by atoms with van der Waals surface area (Å²) in [6.07, 6.45) is 0. The van der Waals surface area contributed by atoms with Crippen LogP contribution in [-0.2, 0) is 0 Å². The fourth-order valence-electron chi connectivity index (χ4n) is 2.13. The number of nitriles is 1. The highest BCUT2D eigenvalue weighted by atomic mass is 16.6. The van der Waals surface area contributed by atoms with Crippen molar-refractivity contribution in [3.05, 3.63) is 62.7 Å². The number of phenolic OH excluding ortho intramolecular Hbond substituents is 1. The van der Waals surface area contributed by atoms with Crippen molar-refractivity contribution in [3.63, 3.8) is 0 Å². The molecule has 2 aromatic carbocycles. The second-order valence-electron chi connectivity index (χ2n) is 4.76. The average molecular weight is 312 g/mol. The molecule has 0 radical (unpaired) electrons. The first-order valence-electron chi connectivity index (χ1n) is 6.50. The van der Waals surface area contributed by atoms with Gasteiger partial charge in [0.25, 0.3) is 0 Å². The van der Waals surface area contributed by atoms with Crippen LogP contribution in [0.15, 0.2) is 30.3 Å². The Balaban J connectivity index is 2.77. The highest BCUT2D eigenvalue weighted by Gasteiger charge is 2.32. The number of ether oxygens (including phenoxy) is 1. The molecule has 0 aromatic heterocycles. The van der Waals surface area contributed by atoms with Crippen LogP contribution in [0.25, 0.3) is 0 Å². The van der Waals surface area contributed by atoms with Crippen molar-refractivity contribution in [2.45, 2.75) is 6.92 Å². The van der Waals surface area contributed by atoms with E-state index in [1.54, 1.807) is 18.2 Å². The first-order valence-corrected chi connectivity index (χ1v) is 6.50. The topological polar surface area (TPSA) is 113 Å². The van der Waals surface area contributed by atoms with Crippen LogP contribution in [0.2, 0.25) is 0 Å². The van der Waals surface area contributed by atoms with Gasteiger partial charge in [0, 0.05) is 11.6 Å². The largest absolute Gasteiger partial charge is 0.499 e. The van der Waals surface area contributed by atoms with E-state index in [1.807, 2.05) is 6.92 Å². The Morgan fingerprint density at radius 3 is 2.43 bits per heavy atom. The van der Waals surface area contributed by atoms with Gasteiger partial charge in [0.05, 0.1) is 17.6 Å². The predicted octanol–water partition coefficient (Wildman–Crippen LogP) is 2.72. The standard InChI is InChI=1S/C16H12N2O5/c1-9-3-5-10(6-4-9)15(19)13-11(8-17)7-12(23-2)16(20)14(13)18(21)22/h3-7,20H,1-2H3. The van der Waals surface area contributed by atoms with Gasteiger partial charge in [0.15, 0.2) is 5.75 Å². The molecule has 116 valence electrons. The molecule has 0 spiro atoms. The van der Waals surface area contributed by atoms with Gasteiger partial charge in [-0.15, -0.1) is 0 Å². The van der Waals surface area contributed by atoms with Gasteiger partial charge >= 0.3 is 5.69 Å². The van der Waals surface area contributed by atoms with E-state index in [0.717, 1.165) is 11.6 Å². The summed E-state index contributed by atoms with van der Waals surface area (Å²) in [5, 5.41) is 30.5. The van der Waals surface area contributed by atoms with Crippen molar-refractivity contribution in [1.29, 1.82) is 5.26 Å². The molecule has 0 amide bonds. The van der Waals surface area contributed by atoms with Crippen LogP contribution in [0.3, 0.4) is 0 Å². The molecular weight excluding hydrogens is 300 g/mol. The maximum absolute atomic E-state index is 12.6. The van der Waals surface area contributed by atoms with E-state index in [0.29, 0.717) is 0 Å². The van der Waals surface area contributed by atoms with Gasteiger partial charge in [0.2, 0.25) is 11.5 Å². The summed E-state index contributed by atoms with van der Waals surface area (Å²) in [6, 6.07) is 9.20. The molecule has 7 heteroatoms. The molecule has 2 rings (SSSR count). The van der Waals surface area contributed by atoms with Crippen LogP contribution in [0.1, 0.15) is 27.0 Å². The van der Waals surface area contributed by atoms with Crippen LogP contribution in [0.4, 0.5) is 5.69 Å². The lowest BCUT2D eigenvalue weighted by molar-refractivity contribution is -0.386. The first kappa shape index (κ1) is 16.0. The zero-order chi connectivity index (χ0) is 17.1. The summed E-state index contributed by atoms with van der Waals surface area (Å²) >= 11 is 0. The van der Waals surface area contributed by atoms with Gasteiger partial charge in [-0.25, -0.2) is 0 Å². The average Bonchev–Trinajstić information content (AvgIpc) is 2.54. The van der Waals surface area contributed by atoms with E-state index in [2.05, 4.69) is 0 Å². The lowest BCUT2D eigenvalue weighted by Gasteiger charge is -2.10. The maximum Gasteiger partial charge on any atom is 0.327 e. The molecule has 0 aliphatic carbocycles. The molecule has 0 aliphatic heterocycles. The number of hydrogen-bond acceptors (Lipinski definition) is 6. The Morgan fingerprint density at radius 2 is 1.96 bits per heavy atom. The number of methoxy groups -OCH3 is 1. The molecule has 7 nitrogen and oxygen atoms in total. The number of aryl methyl sites for hydroxylation is 1. The Labute approximate surface area is 131 Å². The lowest BCUT2D eigenvalue weighted by Crippen LogP contribution is -2.09. The fraction of sp³-hybridized carbons (Fsp3) is 0.125. The molecule has 0 saturated carbocycles. The molecule has 2 aromatic rings. The Kier molecular flexibility index (Phi) is 4.27. The van der Waals surface area contributed by atoms with Gasteiger partial charge in [-0.05, 0) is 6.92 Å². The SMILES string of the molecule is COc1cc(C#N)c(C(=O)c2ccc(C)cc2)c([N+](=O)[O-])c1O. The number of nitro groups is 1. The predicted molar refractivity (Wildman–Crippen MR) is 80.6 cm³/mol. The molecule has 0 atom stereocenters. The van der Waals surface area contributed by atoms with E-state index >= 15 is 0 Å². The third-order valence-electron chi connectivity index (χ3n) is 3.30. The monoisotopic (exact) mass is 312 g/mol. The minimum absolute atomic E-state index is 0.180. The zero-order valence-corrected chi connectivity index (χ0v) is 12.4. The summed E-state index contributed by atoms with van der Waals surface area (Å²) < 4.78 is 4.82. The summed E-state index contributed by atoms with van der Waals surface area (Å²) in [4.78, 5) is 23.0. The van der Waals surface area contributed by atoms with Gasteiger partial charge in [-0.2, -0.15) is 5.26 Å². The number of hydrogen-bond donors (Lipinski definition) is 1. The molecule has 1 N–H and O–H groups in total. The van der Waals surface area contributed by atoms with Gasteiger partial charge < -0.3 is 9.84 Å². The molecule has 0 saturated heterocycles. The van der Waals surface area contributed by atoms with Crippen molar-refractivity contribution in [3.8, 4) is 17.6 Å². The van der Waals surface area contributed by atoms with Crippen molar-refractivity contribution in [1.82, 2.24) is 0 Å². The minimum atomic E-state index is -0.903. The van der Waals surface area contributed by atoms with E-state index in [-0.39, 0.29) is 16.9 Å². The number of carbonyl (C=O) groups is 1. The highest BCUT2D eigenvalue weighted by Crippen LogP contribution is 2.41.